The first-order valence-corrected chi connectivity index (χ1v) is 8.50. The summed E-state index contributed by atoms with van der Waals surface area (Å²) in [7, 11) is 0. The molecule has 7 heteroatoms. The minimum Gasteiger partial charge on any atom is -0.481 e. The highest BCUT2D eigenvalue weighted by atomic mass is 16.4. The van der Waals surface area contributed by atoms with E-state index in [9.17, 15) is 14.7 Å². The van der Waals surface area contributed by atoms with Gasteiger partial charge in [-0.15, -0.1) is 0 Å². The summed E-state index contributed by atoms with van der Waals surface area (Å²) in [6.45, 7) is 5.26. The number of aromatic amines is 1. The number of carbonyl (C=O) groups is 1. The highest BCUT2D eigenvalue weighted by Crippen LogP contribution is 2.26. The molecule has 25 heavy (non-hydrogen) atoms. The second kappa shape index (κ2) is 7.04. The molecule has 7 nitrogen and oxygen atoms in total. The van der Waals surface area contributed by atoms with Crippen LogP contribution >= 0.6 is 0 Å². The molecule has 1 aliphatic rings. The van der Waals surface area contributed by atoms with Crippen molar-refractivity contribution in [2.45, 2.75) is 26.7 Å². The Hall–Kier alpha value is -2.70. The number of aryl methyl sites for hydroxylation is 1. The average Bonchev–Trinajstić information content (AvgIpc) is 2.60. The van der Waals surface area contributed by atoms with E-state index in [1.165, 1.54) is 6.07 Å². The number of aliphatic carboxylic acids is 1. The van der Waals surface area contributed by atoms with Crippen molar-refractivity contribution in [3.05, 3.63) is 40.4 Å². The van der Waals surface area contributed by atoms with Gasteiger partial charge in [0.2, 0.25) is 0 Å². The molecule has 0 saturated carbocycles. The predicted octanol–water partition coefficient (Wildman–Crippen LogP) is 1.94. The minimum absolute atomic E-state index is 0.180. The highest BCUT2D eigenvalue weighted by molar-refractivity contribution is 5.71. The molecule has 1 aliphatic heterocycles. The first-order chi connectivity index (χ1) is 12.0. The molecule has 2 atom stereocenters. The lowest BCUT2D eigenvalue weighted by atomic mass is 9.90. The van der Waals surface area contributed by atoms with Crippen LogP contribution in [-0.2, 0) is 11.2 Å². The number of nitrogens with one attached hydrogen (secondary N) is 1. The number of pyridine rings is 1. The molecule has 1 saturated heterocycles. The van der Waals surface area contributed by atoms with Gasteiger partial charge in [-0.2, -0.15) is 0 Å². The summed E-state index contributed by atoms with van der Waals surface area (Å²) >= 11 is 0. The summed E-state index contributed by atoms with van der Waals surface area (Å²) in [4.78, 5) is 36.7. The molecule has 2 unspecified atom stereocenters. The van der Waals surface area contributed by atoms with E-state index < -0.39 is 5.97 Å². The van der Waals surface area contributed by atoms with E-state index in [0.717, 1.165) is 23.6 Å². The second-order valence-corrected chi connectivity index (χ2v) is 6.62. The number of hydrogen-bond donors (Lipinski definition) is 2. The molecule has 0 spiro atoms. The van der Waals surface area contributed by atoms with Gasteiger partial charge in [-0.3, -0.25) is 9.59 Å². The van der Waals surface area contributed by atoms with E-state index in [4.69, 9.17) is 0 Å². The van der Waals surface area contributed by atoms with Gasteiger partial charge in [0.15, 0.2) is 0 Å². The number of carboxylic acid groups (broad SMARTS) is 1. The predicted molar refractivity (Wildman–Crippen MR) is 94.6 cm³/mol. The fourth-order valence-corrected chi connectivity index (χ4v) is 3.26. The van der Waals surface area contributed by atoms with Crippen LogP contribution in [-0.4, -0.2) is 39.1 Å². The molecule has 2 N–H and O–H groups in total. The second-order valence-electron chi connectivity index (χ2n) is 6.62. The SMILES string of the molecule is CCc1cc(=O)[nH]c(-c2ccc(N3CC(C)CC(C(=O)O)C3)nc2)n1. The first kappa shape index (κ1) is 17.1. The lowest BCUT2D eigenvalue weighted by Gasteiger charge is -2.35. The average molecular weight is 342 g/mol. The van der Waals surface area contributed by atoms with E-state index in [1.807, 2.05) is 24.0 Å². The Balaban J connectivity index is 1.84. The number of anilines is 1. The molecule has 2 aromatic rings. The van der Waals surface area contributed by atoms with Crippen LogP contribution in [0.25, 0.3) is 11.4 Å². The fourth-order valence-electron chi connectivity index (χ4n) is 3.26. The zero-order valence-electron chi connectivity index (χ0n) is 14.4. The molecule has 1 fully saturated rings. The van der Waals surface area contributed by atoms with Crippen LogP contribution in [0.4, 0.5) is 5.82 Å². The molecule has 0 aromatic carbocycles. The third kappa shape index (κ3) is 3.87. The molecule has 2 aromatic heterocycles. The number of H-pyrrole nitrogens is 1. The van der Waals surface area contributed by atoms with Gasteiger partial charge >= 0.3 is 5.97 Å². The van der Waals surface area contributed by atoms with Crippen LogP contribution in [0, 0.1) is 11.8 Å². The Morgan fingerprint density at radius 2 is 2.20 bits per heavy atom. The summed E-state index contributed by atoms with van der Waals surface area (Å²) in [5.74, 6) is 0.417. The Bertz CT molecular complexity index is 816. The molecule has 0 aliphatic carbocycles. The van der Waals surface area contributed by atoms with Crippen LogP contribution in [0.2, 0.25) is 0 Å². The van der Waals surface area contributed by atoms with Crippen molar-refractivity contribution < 1.29 is 9.90 Å². The Kier molecular flexibility index (Phi) is 4.83. The summed E-state index contributed by atoms with van der Waals surface area (Å²) < 4.78 is 0. The topological polar surface area (TPSA) is 99.2 Å². The van der Waals surface area contributed by atoms with Crippen LogP contribution in [0.1, 0.15) is 26.0 Å². The largest absolute Gasteiger partial charge is 0.481 e. The Morgan fingerprint density at radius 3 is 2.84 bits per heavy atom. The van der Waals surface area contributed by atoms with Crippen LogP contribution in [0.15, 0.2) is 29.2 Å². The number of hydrogen-bond acceptors (Lipinski definition) is 5. The summed E-state index contributed by atoms with van der Waals surface area (Å²) in [6, 6.07) is 5.20. The van der Waals surface area contributed by atoms with Gasteiger partial charge in [-0.05, 0) is 30.9 Å². The summed E-state index contributed by atoms with van der Waals surface area (Å²) in [5.41, 5.74) is 1.29. The van der Waals surface area contributed by atoms with E-state index >= 15 is 0 Å². The zero-order chi connectivity index (χ0) is 18.0. The summed E-state index contributed by atoms with van der Waals surface area (Å²) in [5, 5.41) is 9.30. The van der Waals surface area contributed by atoms with Crippen molar-refractivity contribution in [1.29, 1.82) is 0 Å². The van der Waals surface area contributed by atoms with Crippen molar-refractivity contribution in [2.24, 2.45) is 11.8 Å². The quantitative estimate of drug-likeness (QED) is 0.881. The van der Waals surface area contributed by atoms with Crippen LogP contribution < -0.4 is 10.5 Å². The van der Waals surface area contributed by atoms with Gasteiger partial charge in [-0.25, -0.2) is 9.97 Å². The molecule has 0 amide bonds. The molecular weight excluding hydrogens is 320 g/mol. The van der Waals surface area contributed by atoms with Crippen molar-refractivity contribution in [2.75, 3.05) is 18.0 Å². The Labute approximate surface area is 145 Å². The van der Waals surface area contributed by atoms with Gasteiger partial charge in [0.1, 0.15) is 11.6 Å². The zero-order valence-corrected chi connectivity index (χ0v) is 14.4. The normalized spacial score (nSPS) is 20.5. The number of rotatable bonds is 4. The monoisotopic (exact) mass is 342 g/mol. The van der Waals surface area contributed by atoms with Gasteiger partial charge < -0.3 is 15.0 Å². The highest BCUT2D eigenvalue weighted by Gasteiger charge is 2.30. The van der Waals surface area contributed by atoms with Gasteiger partial charge in [-0.1, -0.05) is 13.8 Å². The standard InChI is InChI=1S/C18H22N4O3/c1-3-14-7-16(23)21-17(20-14)12-4-5-15(19-8-12)22-9-11(2)6-13(10-22)18(24)25/h4-5,7-8,11,13H,3,6,9-10H2,1-2H3,(H,24,25)(H,20,21,23). The van der Waals surface area contributed by atoms with E-state index in [0.29, 0.717) is 31.1 Å². The van der Waals surface area contributed by atoms with Crippen LogP contribution in [0.3, 0.4) is 0 Å². The molecular formula is C18H22N4O3. The fraction of sp³-hybridized carbons (Fsp3) is 0.444. The Morgan fingerprint density at radius 1 is 1.40 bits per heavy atom. The van der Waals surface area contributed by atoms with Gasteiger partial charge in [0, 0.05) is 36.6 Å². The van der Waals surface area contributed by atoms with E-state index in [-0.39, 0.29) is 11.5 Å². The number of aromatic nitrogens is 3. The van der Waals surface area contributed by atoms with Crippen molar-refractivity contribution in [1.82, 2.24) is 15.0 Å². The van der Waals surface area contributed by atoms with Gasteiger partial charge in [0.25, 0.3) is 5.56 Å². The maximum Gasteiger partial charge on any atom is 0.308 e. The van der Waals surface area contributed by atoms with Crippen molar-refractivity contribution in [3.63, 3.8) is 0 Å². The van der Waals surface area contributed by atoms with Gasteiger partial charge in [0.05, 0.1) is 5.92 Å². The molecule has 3 rings (SSSR count). The van der Waals surface area contributed by atoms with Crippen molar-refractivity contribution in [3.8, 4) is 11.4 Å². The smallest absolute Gasteiger partial charge is 0.308 e. The first-order valence-electron chi connectivity index (χ1n) is 8.50. The number of piperidine rings is 1. The maximum absolute atomic E-state index is 11.7. The molecule has 0 bridgehead atoms. The molecule has 3 heterocycles. The third-order valence-electron chi connectivity index (χ3n) is 4.51. The van der Waals surface area contributed by atoms with Crippen LogP contribution in [0.5, 0.6) is 0 Å². The maximum atomic E-state index is 11.7. The third-order valence-corrected chi connectivity index (χ3v) is 4.51. The van der Waals surface area contributed by atoms with E-state index in [2.05, 4.69) is 21.9 Å². The lowest BCUT2D eigenvalue weighted by molar-refractivity contribution is -0.142. The van der Waals surface area contributed by atoms with E-state index in [1.54, 1.807) is 6.20 Å². The number of carboxylic acids is 1. The van der Waals surface area contributed by atoms with Crippen molar-refractivity contribution >= 4 is 11.8 Å². The lowest BCUT2D eigenvalue weighted by Crippen LogP contribution is -2.42. The molecule has 0 radical (unpaired) electrons. The minimum atomic E-state index is -0.758. The number of nitrogens with zero attached hydrogens (tertiary/aromatic N) is 3. The summed E-state index contributed by atoms with van der Waals surface area (Å²) in [6.07, 6.45) is 3.05. The molecule has 132 valence electrons.